The second-order valence-electron chi connectivity index (χ2n) is 3.10. The molecule has 0 aliphatic carbocycles. The van der Waals surface area contributed by atoms with E-state index in [9.17, 15) is 26.3 Å². The molecule has 1 nitrogen and oxygen atoms in total. The molecule has 0 aliphatic heterocycles. The lowest BCUT2D eigenvalue weighted by Crippen LogP contribution is -2.20. The summed E-state index contributed by atoms with van der Waals surface area (Å²) >= 11 is 0. The highest BCUT2D eigenvalue weighted by Gasteiger charge is 2.35. The number of benzene rings is 1. The van der Waals surface area contributed by atoms with Gasteiger partial charge >= 0.3 is 6.18 Å². The summed E-state index contributed by atoms with van der Waals surface area (Å²) < 4.78 is 73.7. The largest absolute Gasteiger partial charge is 0.419 e. The molecule has 1 aromatic carbocycles. The standard InChI is InChI=1S/C9H7F6N/c10-6-2-1-4(7(16)8(11)12)3-5(6)9(13,14)15/h1-3,7-8H,16H2. The number of alkyl halides is 5. The van der Waals surface area contributed by atoms with Gasteiger partial charge in [0.1, 0.15) is 5.82 Å². The molecule has 90 valence electrons. The Labute approximate surface area is 86.9 Å². The molecule has 16 heavy (non-hydrogen) atoms. The fourth-order valence-electron chi connectivity index (χ4n) is 1.11. The smallest absolute Gasteiger partial charge is 0.319 e. The molecule has 0 radical (unpaired) electrons. The Kier molecular flexibility index (Phi) is 3.47. The van der Waals surface area contributed by atoms with E-state index in [4.69, 9.17) is 5.73 Å². The van der Waals surface area contributed by atoms with Crippen LogP contribution in [0.5, 0.6) is 0 Å². The van der Waals surface area contributed by atoms with Crippen LogP contribution in [0, 0.1) is 5.82 Å². The summed E-state index contributed by atoms with van der Waals surface area (Å²) in [5.41, 5.74) is 2.91. The predicted molar refractivity (Wildman–Crippen MR) is 44.3 cm³/mol. The van der Waals surface area contributed by atoms with Crippen LogP contribution in [0.2, 0.25) is 0 Å². The van der Waals surface area contributed by atoms with Gasteiger partial charge in [0.2, 0.25) is 0 Å². The zero-order valence-corrected chi connectivity index (χ0v) is 7.73. The zero-order valence-electron chi connectivity index (χ0n) is 7.73. The van der Waals surface area contributed by atoms with E-state index in [0.717, 1.165) is 6.07 Å². The average molecular weight is 243 g/mol. The minimum atomic E-state index is -4.93. The van der Waals surface area contributed by atoms with Crippen molar-refractivity contribution in [2.24, 2.45) is 5.73 Å². The fourth-order valence-corrected chi connectivity index (χ4v) is 1.11. The molecular weight excluding hydrogens is 236 g/mol. The summed E-state index contributed by atoms with van der Waals surface area (Å²) in [7, 11) is 0. The Bertz CT molecular complexity index is 373. The van der Waals surface area contributed by atoms with Gasteiger partial charge in [0.25, 0.3) is 6.43 Å². The Morgan fingerprint density at radius 1 is 1.12 bits per heavy atom. The molecule has 0 fully saturated rings. The van der Waals surface area contributed by atoms with Gasteiger partial charge in [0.15, 0.2) is 0 Å². The van der Waals surface area contributed by atoms with E-state index in [1.807, 2.05) is 0 Å². The average Bonchev–Trinajstić information content (AvgIpc) is 2.15. The fraction of sp³-hybridized carbons (Fsp3) is 0.333. The van der Waals surface area contributed by atoms with Gasteiger partial charge in [-0.15, -0.1) is 0 Å². The summed E-state index contributed by atoms with van der Waals surface area (Å²) in [6, 6.07) is -0.282. The maximum absolute atomic E-state index is 12.8. The highest BCUT2D eigenvalue weighted by atomic mass is 19.4. The van der Waals surface area contributed by atoms with Crippen LogP contribution >= 0.6 is 0 Å². The summed E-state index contributed by atoms with van der Waals surface area (Å²) in [4.78, 5) is 0. The maximum Gasteiger partial charge on any atom is 0.419 e. The molecule has 0 aromatic heterocycles. The molecule has 0 saturated carbocycles. The first-order chi connectivity index (χ1) is 7.23. The normalized spacial score (nSPS) is 14.2. The van der Waals surface area contributed by atoms with Crippen molar-refractivity contribution in [1.29, 1.82) is 0 Å². The highest BCUT2D eigenvalue weighted by molar-refractivity contribution is 5.29. The minimum absolute atomic E-state index is 0.298. The molecule has 0 bridgehead atoms. The van der Waals surface area contributed by atoms with Crippen molar-refractivity contribution in [3.8, 4) is 0 Å². The van der Waals surface area contributed by atoms with Crippen molar-refractivity contribution in [2.45, 2.75) is 18.6 Å². The van der Waals surface area contributed by atoms with Crippen LogP contribution in [-0.4, -0.2) is 6.43 Å². The van der Waals surface area contributed by atoms with Gasteiger partial charge in [-0.2, -0.15) is 13.2 Å². The molecule has 1 atom stereocenters. The second-order valence-corrected chi connectivity index (χ2v) is 3.10. The molecule has 0 aliphatic rings. The zero-order chi connectivity index (χ0) is 12.5. The molecule has 0 heterocycles. The van der Waals surface area contributed by atoms with E-state index in [2.05, 4.69) is 0 Å². The lowest BCUT2D eigenvalue weighted by atomic mass is 10.0. The molecule has 7 heteroatoms. The molecule has 1 unspecified atom stereocenters. The number of hydrogen-bond donors (Lipinski definition) is 1. The molecule has 0 spiro atoms. The van der Waals surface area contributed by atoms with Gasteiger partial charge < -0.3 is 5.73 Å². The summed E-state index contributed by atoms with van der Waals surface area (Å²) in [5.74, 6) is -1.52. The number of nitrogens with two attached hydrogens (primary N) is 1. The van der Waals surface area contributed by atoms with Crippen LogP contribution < -0.4 is 5.73 Å². The summed E-state index contributed by atoms with van der Waals surface area (Å²) in [5, 5.41) is 0. The van der Waals surface area contributed by atoms with Crippen molar-refractivity contribution in [3.05, 3.63) is 35.1 Å². The van der Waals surface area contributed by atoms with E-state index >= 15 is 0 Å². The quantitative estimate of drug-likeness (QED) is 0.793. The SMILES string of the molecule is NC(c1ccc(F)c(C(F)(F)F)c1)C(F)F. The first-order valence-electron chi connectivity index (χ1n) is 4.14. The summed E-state index contributed by atoms with van der Waals surface area (Å²) in [6.45, 7) is 0. The molecular formula is C9H7F6N. The topological polar surface area (TPSA) is 26.0 Å². The Hall–Kier alpha value is -1.24. The van der Waals surface area contributed by atoms with E-state index in [-0.39, 0.29) is 0 Å². The molecule has 1 aromatic rings. The number of rotatable bonds is 2. The Balaban J connectivity index is 3.18. The first-order valence-corrected chi connectivity index (χ1v) is 4.14. The predicted octanol–water partition coefficient (Wildman–Crippen LogP) is 3.11. The van der Waals surface area contributed by atoms with Gasteiger partial charge in [-0.3, -0.25) is 0 Å². The molecule has 1 rings (SSSR count). The van der Waals surface area contributed by atoms with Gasteiger partial charge in [-0.25, -0.2) is 13.2 Å². The lowest BCUT2D eigenvalue weighted by molar-refractivity contribution is -0.140. The van der Waals surface area contributed by atoms with E-state index in [1.54, 1.807) is 0 Å². The second kappa shape index (κ2) is 4.32. The van der Waals surface area contributed by atoms with Gasteiger partial charge in [-0.05, 0) is 17.7 Å². The number of hydrogen-bond acceptors (Lipinski definition) is 1. The number of halogens is 6. The van der Waals surface area contributed by atoms with E-state index in [1.165, 1.54) is 0 Å². The van der Waals surface area contributed by atoms with Crippen LogP contribution in [0.3, 0.4) is 0 Å². The lowest BCUT2D eigenvalue weighted by Gasteiger charge is -2.14. The Morgan fingerprint density at radius 3 is 2.12 bits per heavy atom. The van der Waals surface area contributed by atoms with Gasteiger partial charge in [0, 0.05) is 0 Å². The van der Waals surface area contributed by atoms with Crippen LogP contribution in [0.4, 0.5) is 26.3 Å². The monoisotopic (exact) mass is 243 g/mol. The minimum Gasteiger partial charge on any atom is -0.319 e. The van der Waals surface area contributed by atoms with Gasteiger partial charge in [-0.1, -0.05) is 6.07 Å². The van der Waals surface area contributed by atoms with Crippen molar-refractivity contribution in [3.63, 3.8) is 0 Å². The third-order valence-electron chi connectivity index (χ3n) is 1.95. The van der Waals surface area contributed by atoms with Crippen LogP contribution in [0.1, 0.15) is 17.2 Å². The van der Waals surface area contributed by atoms with E-state index < -0.39 is 35.6 Å². The van der Waals surface area contributed by atoms with Crippen LogP contribution in [0.15, 0.2) is 18.2 Å². The maximum atomic E-state index is 12.8. The van der Waals surface area contributed by atoms with Crippen molar-refractivity contribution in [1.82, 2.24) is 0 Å². The third kappa shape index (κ3) is 2.66. The van der Waals surface area contributed by atoms with Crippen molar-refractivity contribution < 1.29 is 26.3 Å². The van der Waals surface area contributed by atoms with Crippen molar-refractivity contribution >= 4 is 0 Å². The third-order valence-corrected chi connectivity index (χ3v) is 1.95. The van der Waals surface area contributed by atoms with Crippen molar-refractivity contribution in [2.75, 3.05) is 0 Å². The van der Waals surface area contributed by atoms with Gasteiger partial charge in [0.05, 0.1) is 11.6 Å². The molecule has 2 N–H and O–H groups in total. The Morgan fingerprint density at radius 2 is 1.69 bits per heavy atom. The van der Waals surface area contributed by atoms with Crippen LogP contribution in [0.25, 0.3) is 0 Å². The molecule has 0 amide bonds. The highest BCUT2D eigenvalue weighted by Crippen LogP contribution is 2.33. The first kappa shape index (κ1) is 12.8. The molecule has 0 saturated heterocycles. The van der Waals surface area contributed by atoms with Crippen LogP contribution in [-0.2, 0) is 6.18 Å². The summed E-state index contributed by atoms with van der Waals surface area (Å²) in [6.07, 6.45) is -7.94. The van der Waals surface area contributed by atoms with E-state index in [0.29, 0.717) is 12.1 Å².